The van der Waals surface area contributed by atoms with E-state index in [1.807, 2.05) is 21.6 Å². The number of carbonyl (C=O) groups is 1. The maximum atomic E-state index is 13.3. The van der Waals surface area contributed by atoms with Crippen molar-refractivity contribution in [1.82, 2.24) is 9.88 Å². The highest BCUT2D eigenvalue weighted by atomic mass is 32.2. The molecule has 2 aliphatic heterocycles. The highest BCUT2D eigenvalue weighted by Gasteiger charge is 2.31. The van der Waals surface area contributed by atoms with Crippen LogP contribution in [-0.2, 0) is 4.79 Å². The first-order valence-corrected chi connectivity index (χ1v) is 9.54. The number of hydrogen-bond donors (Lipinski definition) is 0. The Labute approximate surface area is 144 Å². The first kappa shape index (κ1) is 15.7. The molecule has 1 atom stereocenters. The molecular weight excluding hydrogens is 329 g/mol. The lowest BCUT2D eigenvalue weighted by atomic mass is 9.96. The number of aromatic nitrogens is 1. The molecule has 2 aromatic rings. The minimum atomic E-state index is -0.333. The number of thioether (sulfide) groups is 1. The Morgan fingerprint density at radius 1 is 1.29 bits per heavy atom. The van der Waals surface area contributed by atoms with Crippen LogP contribution in [0.1, 0.15) is 12.8 Å². The molecule has 1 amide bonds. The molecule has 24 heavy (non-hydrogen) atoms. The monoisotopic (exact) mass is 349 g/mol. The summed E-state index contributed by atoms with van der Waals surface area (Å²) in [6.07, 6.45) is 1.85. The van der Waals surface area contributed by atoms with Gasteiger partial charge < -0.3 is 14.2 Å². The number of benzene rings is 1. The fraction of sp³-hybridized carbons (Fsp3) is 0.529. The van der Waals surface area contributed by atoms with Crippen molar-refractivity contribution in [2.24, 2.45) is 5.92 Å². The molecule has 2 saturated heterocycles. The average molecular weight is 349 g/mol. The number of halogens is 1. The van der Waals surface area contributed by atoms with E-state index in [2.05, 4.69) is 4.98 Å². The molecule has 5 nitrogen and oxygen atoms in total. The van der Waals surface area contributed by atoms with Crippen LogP contribution in [0.3, 0.4) is 0 Å². The predicted molar refractivity (Wildman–Crippen MR) is 92.8 cm³/mol. The smallest absolute Gasteiger partial charge is 0.298 e. The van der Waals surface area contributed by atoms with Crippen molar-refractivity contribution >= 4 is 34.8 Å². The van der Waals surface area contributed by atoms with Gasteiger partial charge in [-0.25, -0.2) is 4.39 Å². The SMILES string of the molecule is O=C(C1CCCN(c2nc3ccc(F)cc3o2)C1)N1CCSCC1. The van der Waals surface area contributed by atoms with E-state index in [0.717, 1.165) is 44.0 Å². The van der Waals surface area contributed by atoms with Crippen LogP contribution in [0.5, 0.6) is 0 Å². The Kier molecular flexibility index (Phi) is 4.35. The van der Waals surface area contributed by atoms with Gasteiger partial charge in [0.05, 0.1) is 5.92 Å². The molecule has 4 rings (SSSR count). The molecule has 1 aromatic heterocycles. The molecule has 3 heterocycles. The molecule has 1 unspecified atom stereocenters. The van der Waals surface area contributed by atoms with Gasteiger partial charge in [0.15, 0.2) is 5.58 Å². The van der Waals surface area contributed by atoms with Crippen molar-refractivity contribution < 1.29 is 13.6 Å². The highest BCUT2D eigenvalue weighted by molar-refractivity contribution is 7.99. The summed E-state index contributed by atoms with van der Waals surface area (Å²) in [6.45, 7) is 3.14. The normalized spacial score (nSPS) is 22.1. The highest BCUT2D eigenvalue weighted by Crippen LogP contribution is 2.28. The molecule has 0 saturated carbocycles. The summed E-state index contributed by atoms with van der Waals surface area (Å²) in [5, 5.41) is 0. The van der Waals surface area contributed by atoms with E-state index in [1.54, 1.807) is 6.07 Å². The topological polar surface area (TPSA) is 49.6 Å². The van der Waals surface area contributed by atoms with Gasteiger partial charge in [-0.05, 0) is 25.0 Å². The Hall–Kier alpha value is -1.76. The van der Waals surface area contributed by atoms with Crippen LogP contribution in [-0.4, -0.2) is 53.5 Å². The molecule has 0 bridgehead atoms. The third kappa shape index (κ3) is 3.09. The van der Waals surface area contributed by atoms with Crippen LogP contribution in [0, 0.1) is 11.7 Å². The van der Waals surface area contributed by atoms with Crippen LogP contribution in [0.4, 0.5) is 10.4 Å². The molecule has 7 heteroatoms. The molecule has 2 aliphatic rings. The van der Waals surface area contributed by atoms with Gasteiger partial charge in [-0.3, -0.25) is 4.79 Å². The average Bonchev–Trinajstić information content (AvgIpc) is 3.05. The van der Waals surface area contributed by atoms with Gasteiger partial charge in [-0.15, -0.1) is 0 Å². The largest absolute Gasteiger partial charge is 0.423 e. The second-order valence-corrected chi connectivity index (χ2v) is 7.56. The van der Waals surface area contributed by atoms with E-state index >= 15 is 0 Å². The van der Waals surface area contributed by atoms with E-state index < -0.39 is 0 Å². The zero-order valence-corrected chi connectivity index (χ0v) is 14.2. The molecule has 0 aliphatic carbocycles. The lowest BCUT2D eigenvalue weighted by molar-refractivity contribution is -0.135. The van der Waals surface area contributed by atoms with Gasteiger partial charge in [0.25, 0.3) is 6.01 Å². The third-order valence-electron chi connectivity index (χ3n) is 4.70. The lowest BCUT2D eigenvalue weighted by Gasteiger charge is -2.35. The van der Waals surface area contributed by atoms with E-state index in [4.69, 9.17) is 4.42 Å². The quantitative estimate of drug-likeness (QED) is 0.834. The van der Waals surface area contributed by atoms with Crippen LogP contribution in [0.25, 0.3) is 11.1 Å². The van der Waals surface area contributed by atoms with Crippen LogP contribution < -0.4 is 4.90 Å². The molecule has 1 aromatic carbocycles. The number of piperidine rings is 1. The fourth-order valence-corrected chi connectivity index (χ4v) is 4.32. The first-order valence-electron chi connectivity index (χ1n) is 8.38. The van der Waals surface area contributed by atoms with Crippen molar-refractivity contribution in [3.05, 3.63) is 24.0 Å². The van der Waals surface area contributed by atoms with Gasteiger partial charge in [-0.2, -0.15) is 16.7 Å². The summed E-state index contributed by atoms with van der Waals surface area (Å²) >= 11 is 1.90. The summed E-state index contributed by atoms with van der Waals surface area (Å²) in [5.41, 5.74) is 1.10. The number of anilines is 1. The number of oxazole rings is 1. The van der Waals surface area contributed by atoms with Gasteiger partial charge in [0, 0.05) is 43.8 Å². The molecular formula is C17H20FN3O2S. The van der Waals surface area contributed by atoms with Crippen molar-refractivity contribution in [2.45, 2.75) is 12.8 Å². The fourth-order valence-electron chi connectivity index (χ4n) is 3.42. The van der Waals surface area contributed by atoms with Crippen LogP contribution in [0.2, 0.25) is 0 Å². The molecule has 0 radical (unpaired) electrons. The van der Waals surface area contributed by atoms with Crippen molar-refractivity contribution in [3.63, 3.8) is 0 Å². The summed E-state index contributed by atoms with van der Waals surface area (Å²) in [7, 11) is 0. The van der Waals surface area contributed by atoms with E-state index in [-0.39, 0.29) is 17.6 Å². The zero-order chi connectivity index (χ0) is 16.5. The summed E-state index contributed by atoms with van der Waals surface area (Å²) in [5.74, 6) is 1.97. The second-order valence-electron chi connectivity index (χ2n) is 6.33. The maximum Gasteiger partial charge on any atom is 0.298 e. The van der Waals surface area contributed by atoms with Gasteiger partial charge in [0.2, 0.25) is 5.91 Å². The second kappa shape index (κ2) is 6.63. The summed E-state index contributed by atoms with van der Waals surface area (Å²) in [4.78, 5) is 21.2. The Balaban J connectivity index is 1.50. The van der Waals surface area contributed by atoms with Crippen LogP contribution >= 0.6 is 11.8 Å². The van der Waals surface area contributed by atoms with Gasteiger partial charge >= 0.3 is 0 Å². The van der Waals surface area contributed by atoms with Crippen molar-refractivity contribution in [3.8, 4) is 0 Å². The predicted octanol–water partition coefficient (Wildman–Crippen LogP) is 2.76. The minimum absolute atomic E-state index is 0.00593. The third-order valence-corrected chi connectivity index (χ3v) is 5.65. The van der Waals surface area contributed by atoms with E-state index in [0.29, 0.717) is 23.7 Å². The zero-order valence-electron chi connectivity index (χ0n) is 13.4. The van der Waals surface area contributed by atoms with Crippen LogP contribution in [0.15, 0.2) is 22.6 Å². The Morgan fingerprint density at radius 3 is 2.96 bits per heavy atom. The molecule has 0 spiro atoms. The van der Waals surface area contributed by atoms with Gasteiger partial charge in [0.1, 0.15) is 11.3 Å². The Morgan fingerprint density at radius 2 is 2.12 bits per heavy atom. The number of fused-ring (bicyclic) bond motifs is 1. The lowest BCUT2D eigenvalue weighted by Crippen LogP contribution is -2.47. The first-order chi connectivity index (χ1) is 11.7. The minimum Gasteiger partial charge on any atom is -0.423 e. The van der Waals surface area contributed by atoms with Crippen molar-refractivity contribution in [1.29, 1.82) is 0 Å². The van der Waals surface area contributed by atoms with Gasteiger partial charge in [-0.1, -0.05) is 0 Å². The summed E-state index contributed by atoms with van der Waals surface area (Å²) in [6, 6.07) is 4.84. The number of carbonyl (C=O) groups excluding carboxylic acids is 1. The van der Waals surface area contributed by atoms with Crippen molar-refractivity contribution in [2.75, 3.05) is 42.6 Å². The Bertz CT molecular complexity index is 745. The van der Waals surface area contributed by atoms with E-state index in [1.165, 1.54) is 12.1 Å². The number of nitrogens with zero attached hydrogens (tertiary/aromatic N) is 3. The molecule has 0 N–H and O–H groups in total. The maximum absolute atomic E-state index is 13.3. The standard InChI is InChI=1S/C17H20FN3O2S/c18-13-3-4-14-15(10-13)23-17(19-14)21-5-1-2-12(11-21)16(22)20-6-8-24-9-7-20/h3-4,10,12H,1-2,5-9,11H2. The molecule has 2 fully saturated rings. The molecule has 128 valence electrons. The number of amides is 1. The van der Waals surface area contributed by atoms with E-state index in [9.17, 15) is 9.18 Å². The number of rotatable bonds is 2. The summed E-state index contributed by atoms with van der Waals surface area (Å²) < 4.78 is 19.0. The number of hydrogen-bond acceptors (Lipinski definition) is 5.